The van der Waals surface area contributed by atoms with E-state index in [9.17, 15) is 18.7 Å². The molecule has 11 nitrogen and oxygen atoms in total. The number of phosphoric acid groups is 2. The molecule has 0 radical (unpaired) electrons. The van der Waals surface area contributed by atoms with Gasteiger partial charge in [0.05, 0.1) is 25.4 Å². The Labute approximate surface area is 233 Å². The average Bonchev–Trinajstić information content (AvgIpc) is 2.85. The molecule has 0 aliphatic rings. The lowest BCUT2D eigenvalue weighted by molar-refractivity contribution is -0.143. The molecule has 0 spiro atoms. The summed E-state index contributed by atoms with van der Waals surface area (Å²) in [5, 5.41) is 0. The Morgan fingerprint density at radius 3 is 1.33 bits per heavy atom. The zero-order valence-electron chi connectivity index (χ0n) is 23.5. The number of hydrogen-bond acceptors (Lipinski definition) is 9. The highest BCUT2D eigenvalue weighted by Gasteiger charge is 2.35. The van der Waals surface area contributed by atoms with Crippen molar-refractivity contribution < 1.29 is 51.3 Å². The lowest BCUT2D eigenvalue weighted by Crippen LogP contribution is -2.12. The molecule has 0 aromatic heterocycles. The highest BCUT2D eigenvalue weighted by atomic mass is 31.3. The molecular weight excluding hydrogens is 550 g/mol. The van der Waals surface area contributed by atoms with Gasteiger partial charge in [0.1, 0.15) is 0 Å². The minimum absolute atomic E-state index is 0.00759. The van der Waals surface area contributed by atoms with Crippen molar-refractivity contribution in [3.8, 4) is 0 Å². The Bertz CT molecular complexity index is 747. The summed E-state index contributed by atoms with van der Waals surface area (Å²) >= 11 is 0. The van der Waals surface area contributed by atoms with Crippen molar-refractivity contribution in [1.29, 1.82) is 0 Å². The molecule has 0 aromatic rings. The number of hydrogen-bond donors (Lipinski definition) is 2. The molecule has 0 saturated carbocycles. The molecule has 2 unspecified atom stereocenters. The minimum atomic E-state index is -5.06. The molecule has 0 bridgehead atoms. The van der Waals surface area contributed by atoms with Gasteiger partial charge in [0.2, 0.25) is 0 Å². The number of rotatable bonds is 26. The molecule has 228 valence electrons. The summed E-state index contributed by atoms with van der Waals surface area (Å²) in [6.07, 6.45) is 13.7. The third kappa shape index (κ3) is 24.2. The molecule has 0 saturated heterocycles. The van der Waals surface area contributed by atoms with Crippen molar-refractivity contribution in [2.45, 2.75) is 116 Å². The SMILES string of the molecule is C=CC(=O)OC(C)CCCCCCCCOP(=O)(OCCCCCCCCC(C)OC(=O)C=C)OP(=O)(O)O. The number of unbranched alkanes of at least 4 members (excludes halogenated alkanes) is 10. The van der Waals surface area contributed by atoms with Crippen LogP contribution in [-0.4, -0.2) is 47.1 Å². The maximum absolute atomic E-state index is 12.7. The first-order valence-electron chi connectivity index (χ1n) is 13.7. The van der Waals surface area contributed by atoms with E-state index in [4.69, 9.17) is 28.3 Å². The van der Waals surface area contributed by atoms with Gasteiger partial charge >= 0.3 is 27.6 Å². The standard InChI is InChI=1S/C26H48O11P2/c1-5-25(27)35-23(3)19-15-11-7-9-13-17-21-33-39(32,37-38(29,30)31)34-22-18-14-10-8-12-16-20-24(4)36-26(28)6-2/h5-6,23-24H,1-2,7-22H2,3-4H3,(H2,29,30,31). The van der Waals surface area contributed by atoms with E-state index in [1.807, 2.05) is 13.8 Å². The molecule has 0 aliphatic heterocycles. The Kier molecular flexibility index (Phi) is 21.6. The zero-order chi connectivity index (χ0) is 29.6. The second kappa shape index (κ2) is 22.4. The second-order valence-electron chi connectivity index (χ2n) is 9.41. The minimum Gasteiger partial charge on any atom is -0.460 e. The molecule has 39 heavy (non-hydrogen) atoms. The first-order valence-corrected chi connectivity index (χ1v) is 16.7. The second-order valence-corrected chi connectivity index (χ2v) is 12.5. The van der Waals surface area contributed by atoms with Crippen molar-refractivity contribution in [2.24, 2.45) is 0 Å². The molecule has 0 aliphatic carbocycles. The number of esters is 2. The number of ether oxygens (including phenoxy) is 2. The normalized spacial score (nSPS) is 14.7. The largest absolute Gasteiger partial charge is 0.483 e. The van der Waals surface area contributed by atoms with E-state index >= 15 is 0 Å². The summed E-state index contributed by atoms with van der Waals surface area (Å²) in [6.45, 7) is 10.4. The molecule has 0 amide bonds. The van der Waals surface area contributed by atoms with Crippen LogP contribution in [0, 0.1) is 0 Å². The van der Waals surface area contributed by atoms with Gasteiger partial charge in [0, 0.05) is 12.2 Å². The molecule has 0 heterocycles. The maximum Gasteiger partial charge on any atom is 0.483 e. The molecule has 2 N–H and O–H groups in total. The van der Waals surface area contributed by atoms with Crippen LogP contribution in [-0.2, 0) is 41.6 Å². The predicted octanol–water partition coefficient (Wildman–Crippen LogP) is 6.93. The summed E-state index contributed by atoms with van der Waals surface area (Å²) in [5.74, 6) is -0.842. The van der Waals surface area contributed by atoms with E-state index in [0.717, 1.165) is 89.2 Å². The number of carbonyl (C=O) groups is 2. The van der Waals surface area contributed by atoms with Crippen molar-refractivity contribution in [2.75, 3.05) is 13.2 Å². The van der Waals surface area contributed by atoms with Crippen LogP contribution in [0.25, 0.3) is 0 Å². The first-order chi connectivity index (χ1) is 18.4. The molecule has 2 atom stereocenters. The Morgan fingerprint density at radius 1 is 0.667 bits per heavy atom. The van der Waals surface area contributed by atoms with E-state index in [0.29, 0.717) is 12.8 Å². The van der Waals surface area contributed by atoms with E-state index < -0.39 is 27.6 Å². The van der Waals surface area contributed by atoms with Crippen LogP contribution < -0.4 is 0 Å². The van der Waals surface area contributed by atoms with Crippen LogP contribution >= 0.6 is 15.6 Å². The topological polar surface area (TPSA) is 155 Å². The van der Waals surface area contributed by atoms with E-state index in [-0.39, 0.29) is 25.4 Å². The lowest BCUT2D eigenvalue weighted by atomic mass is 10.1. The van der Waals surface area contributed by atoms with Gasteiger partial charge in [0.15, 0.2) is 0 Å². The van der Waals surface area contributed by atoms with Gasteiger partial charge in [-0.1, -0.05) is 64.5 Å². The summed E-state index contributed by atoms with van der Waals surface area (Å²) < 4.78 is 48.8. The number of phosphoric ester groups is 1. The average molecular weight is 599 g/mol. The van der Waals surface area contributed by atoms with Crippen LogP contribution in [0.2, 0.25) is 0 Å². The monoisotopic (exact) mass is 598 g/mol. The smallest absolute Gasteiger partial charge is 0.460 e. The van der Waals surface area contributed by atoms with Crippen molar-refractivity contribution in [3.05, 3.63) is 25.3 Å². The quantitative estimate of drug-likeness (QED) is 0.0460. The summed E-state index contributed by atoms with van der Waals surface area (Å²) in [6, 6.07) is 0. The van der Waals surface area contributed by atoms with Crippen molar-refractivity contribution in [1.82, 2.24) is 0 Å². The van der Waals surface area contributed by atoms with E-state index in [1.165, 1.54) is 0 Å². The third-order valence-corrected chi connectivity index (χ3v) is 8.33. The number of carbonyl (C=O) groups excluding carboxylic acids is 2. The van der Waals surface area contributed by atoms with Crippen LogP contribution in [0.5, 0.6) is 0 Å². The highest BCUT2D eigenvalue weighted by Crippen LogP contribution is 2.61. The van der Waals surface area contributed by atoms with Crippen LogP contribution in [0.1, 0.15) is 104 Å². The summed E-state index contributed by atoms with van der Waals surface area (Å²) in [7, 11) is -9.45. The molecule has 0 fully saturated rings. The van der Waals surface area contributed by atoms with Gasteiger partial charge < -0.3 is 19.3 Å². The zero-order valence-corrected chi connectivity index (χ0v) is 25.3. The van der Waals surface area contributed by atoms with Gasteiger partial charge in [-0.25, -0.2) is 18.7 Å². The molecule has 13 heteroatoms. The van der Waals surface area contributed by atoms with E-state index in [1.54, 1.807) is 0 Å². The maximum atomic E-state index is 12.7. The third-order valence-electron chi connectivity index (χ3n) is 5.68. The van der Waals surface area contributed by atoms with Gasteiger partial charge in [-0.05, 0) is 52.4 Å². The van der Waals surface area contributed by atoms with Gasteiger partial charge in [-0.15, -0.1) is 0 Å². The Hall–Kier alpha value is -1.32. The lowest BCUT2D eigenvalue weighted by Gasteiger charge is -2.18. The first kappa shape index (κ1) is 37.7. The fourth-order valence-electron chi connectivity index (χ4n) is 3.66. The van der Waals surface area contributed by atoms with Crippen LogP contribution in [0.3, 0.4) is 0 Å². The van der Waals surface area contributed by atoms with Crippen molar-refractivity contribution >= 4 is 27.6 Å². The summed E-state index contributed by atoms with van der Waals surface area (Å²) in [5.41, 5.74) is 0. The predicted molar refractivity (Wildman–Crippen MR) is 149 cm³/mol. The molecule has 0 aromatic carbocycles. The Morgan fingerprint density at radius 2 is 1.00 bits per heavy atom. The highest BCUT2D eigenvalue weighted by molar-refractivity contribution is 7.61. The summed E-state index contributed by atoms with van der Waals surface area (Å²) in [4.78, 5) is 40.5. The molecule has 0 rings (SSSR count). The Balaban J connectivity index is 4.01. The van der Waals surface area contributed by atoms with Gasteiger partial charge in [0.25, 0.3) is 0 Å². The molecular formula is C26H48O11P2. The fraction of sp³-hybridized carbons (Fsp3) is 0.769. The van der Waals surface area contributed by atoms with E-state index in [2.05, 4.69) is 17.5 Å². The van der Waals surface area contributed by atoms with Crippen molar-refractivity contribution in [3.63, 3.8) is 0 Å². The van der Waals surface area contributed by atoms with Crippen LogP contribution in [0.15, 0.2) is 25.3 Å². The van der Waals surface area contributed by atoms with Gasteiger partial charge in [-0.2, -0.15) is 4.31 Å². The van der Waals surface area contributed by atoms with Crippen LogP contribution in [0.4, 0.5) is 0 Å². The van der Waals surface area contributed by atoms with Gasteiger partial charge in [-0.3, -0.25) is 9.05 Å². The fourth-order valence-corrected chi connectivity index (χ4v) is 5.86.